The molecule has 1 amide bonds. The maximum Gasteiger partial charge on any atom is 0.277 e. The second-order valence-electron chi connectivity index (χ2n) is 3.17. The molecule has 2 aromatic heterocycles. The first-order valence-corrected chi connectivity index (χ1v) is 4.91. The van der Waals surface area contributed by atoms with Gasteiger partial charge in [0.15, 0.2) is 0 Å². The highest BCUT2D eigenvalue weighted by Crippen LogP contribution is 2.11. The molecule has 0 aliphatic rings. The van der Waals surface area contributed by atoms with Crippen LogP contribution in [0.15, 0.2) is 24.8 Å². The molecular formula is C10H11N5O. The van der Waals surface area contributed by atoms with E-state index < -0.39 is 0 Å². The molecule has 0 aliphatic heterocycles. The minimum absolute atomic E-state index is 0.277. The summed E-state index contributed by atoms with van der Waals surface area (Å²) in [6.07, 6.45) is 6.89. The van der Waals surface area contributed by atoms with Crippen molar-refractivity contribution in [3.05, 3.63) is 36.0 Å². The Morgan fingerprint density at radius 3 is 3.00 bits per heavy atom. The van der Waals surface area contributed by atoms with Gasteiger partial charge in [0.1, 0.15) is 11.5 Å². The quantitative estimate of drug-likeness (QED) is 0.803. The minimum atomic E-state index is -0.299. The first kappa shape index (κ1) is 10.3. The molecule has 2 heterocycles. The molecule has 0 unspecified atom stereocenters. The van der Waals surface area contributed by atoms with Gasteiger partial charge in [0.05, 0.1) is 12.4 Å². The first-order valence-electron chi connectivity index (χ1n) is 4.91. The van der Waals surface area contributed by atoms with Gasteiger partial charge in [0, 0.05) is 18.0 Å². The summed E-state index contributed by atoms with van der Waals surface area (Å²) in [5, 5.41) is 9.29. The number of aryl methyl sites for hydroxylation is 1. The van der Waals surface area contributed by atoms with Crippen LogP contribution in [0.3, 0.4) is 0 Å². The van der Waals surface area contributed by atoms with Gasteiger partial charge < -0.3 is 5.32 Å². The summed E-state index contributed by atoms with van der Waals surface area (Å²) in [6, 6.07) is 0. The van der Waals surface area contributed by atoms with Crippen molar-refractivity contribution in [3.63, 3.8) is 0 Å². The third kappa shape index (κ3) is 2.05. The molecule has 0 atom stereocenters. The van der Waals surface area contributed by atoms with Crippen LogP contribution in [0, 0.1) is 0 Å². The molecule has 0 radical (unpaired) electrons. The fourth-order valence-electron chi connectivity index (χ4n) is 1.28. The number of anilines is 1. The number of carbonyl (C=O) groups is 1. The van der Waals surface area contributed by atoms with Gasteiger partial charge in [0.25, 0.3) is 5.91 Å². The van der Waals surface area contributed by atoms with Crippen LogP contribution in [0.5, 0.6) is 0 Å². The van der Waals surface area contributed by atoms with Crippen LogP contribution >= 0.6 is 0 Å². The van der Waals surface area contributed by atoms with Crippen LogP contribution in [0.4, 0.5) is 5.82 Å². The topological polar surface area (TPSA) is 83.6 Å². The van der Waals surface area contributed by atoms with Crippen LogP contribution in [0.25, 0.3) is 0 Å². The van der Waals surface area contributed by atoms with E-state index in [9.17, 15) is 4.79 Å². The molecule has 0 aliphatic carbocycles. The molecule has 0 spiro atoms. The predicted molar refractivity (Wildman–Crippen MR) is 58.0 cm³/mol. The molecule has 6 nitrogen and oxygen atoms in total. The highest BCUT2D eigenvalue weighted by molar-refractivity contribution is 6.02. The lowest BCUT2D eigenvalue weighted by molar-refractivity contribution is 0.102. The molecule has 2 N–H and O–H groups in total. The average molecular weight is 217 g/mol. The van der Waals surface area contributed by atoms with E-state index in [2.05, 4.69) is 25.5 Å². The number of rotatable bonds is 3. The van der Waals surface area contributed by atoms with E-state index in [0.717, 1.165) is 12.0 Å². The van der Waals surface area contributed by atoms with Gasteiger partial charge in [-0.3, -0.25) is 14.9 Å². The third-order valence-electron chi connectivity index (χ3n) is 2.13. The number of amides is 1. The SMILES string of the molecule is CCc1cn[nH]c1NC(=O)c1cnccn1. The van der Waals surface area contributed by atoms with E-state index in [1.807, 2.05) is 6.92 Å². The van der Waals surface area contributed by atoms with E-state index in [4.69, 9.17) is 0 Å². The molecule has 6 heteroatoms. The Morgan fingerprint density at radius 1 is 1.44 bits per heavy atom. The lowest BCUT2D eigenvalue weighted by Crippen LogP contribution is -2.15. The van der Waals surface area contributed by atoms with Gasteiger partial charge in [-0.2, -0.15) is 5.10 Å². The van der Waals surface area contributed by atoms with E-state index in [1.165, 1.54) is 18.6 Å². The first-order chi connectivity index (χ1) is 7.81. The van der Waals surface area contributed by atoms with Crippen LogP contribution in [-0.4, -0.2) is 26.1 Å². The van der Waals surface area contributed by atoms with Crippen molar-refractivity contribution in [2.24, 2.45) is 0 Å². The second kappa shape index (κ2) is 4.52. The Hall–Kier alpha value is -2.24. The summed E-state index contributed by atoms with van der Waals surface area (Å²) in [4.78, 5) is 19.5. The average Bonchev–Trinajstić information content (AvgIpc) is 2.77. The van der Waals surface area contributed by atoms with Crippen molar-refractivity contribution in [3.8, 4) is 0 Å². The van der Waals surface area contributed by atoms with Gasteiger partial charge in [-0.25, -0.2) is 4.98 Å². The molecule has 82 valence electrons. The zero-order chi connectivity index (χ0) is 11.4. The van der Waals surface area contributed by atoms with Crippen molar-refractivity contribution < 1.29 is 4.79 Å². The standard InChI is InChI=1S/C10H11N5O/c1-2-7-5-13-15-9(7)14-10(16)8-6-11-3-4-12-8/h3-6H,2H2,1H3,(H2,13,14,15,16). The molecule has 0 saturated heterocycles. The van der Waals surface area contributed by atoms with Gasteiger partial charge >= 0.3 is 0 Å². The maximum absolute atomic E-state index is 11.7. The van der Waals surface area contributed by atoms with E-state index >= 15 is 0 Å². The molecule has 2 aromatic rings. The van der Waals surface area contributed by atoms with Crippen molar-refractivity contribution in [2.75, 3.05) is 5.32 Å². The molecular weight excluding hydrogens is 206 g/mol. The summed E-state index contributed by atoms with van der Waals surface area (Å²) in [6.45, 7) is 1.99. The fourth-order valence-corrected chi connectivity index (χ4v) is 1.28. The van der Waals surface area contributed by atoms with E-state index in [1.54, 1.807) is 6.20 Å². The zero-order valence-corrected chi connectivity index (χ0v) is 8.77. The number of H-pyrrole nitrogens is 1. The molecule has 16 heavy (non-hydrogen) atoms. The lowest BCUT2D eigenvalue weighted by atomic mass is 10.2. The second-order valence-corrected chi connectivity index (χ2v) is 3.17. The Bertz CT molecular complexity index is 479. The minimum Gasteiger partial charge on any atom is -0.305 e. The Labute approximate surface area is 92.1 Å². The monoisotopic (exact) mass is 217 g/mol. The largest absolute Gasteiger partial charge is 0.305 e. The number of nitrogens with one attached hydrogen (secondary N) is 2. The van der Waals surface area contributed by atoms with Crippen LogP contribution in [0.1, 0.15) is 23.0 Å². The summed E-state index contributed by atoms with van der Waals surface area (Å²) >= 11 is 0. The van der Waals surface area contributed by atoms with Gasteiger partial charge in [-0.05, 0) is 6.42 Å². The number of carbonyl (C=O) groups excluding carboxylic acids is 1. The summed E-state index contributed by atoms with van der Waals surface area (Å²) in [5.74, 6) is 0.310. The molecule has 2 rings (SSSR count). The maximum atomic E-state index is 11.7. The number of hydrogen-bond acceptors (Lipinski definition) is 4. The van der Waals surface area contributed by atoms with Gasteiger partial charge in [-0.15, -0.1) is 0 Å². The smallest absolute Gasteiger partial charge is 0.277 e. The van der Waals surface area contributed by atoms with Gasteiger partial charge in [0.2, 0.25) is 0 Å². The summed E-state index contributed by atoms with van der Waals surface area (Å²) < 4.78 is 0. The van der Waals surface area contributed by atoms with E-state index in [0.29, 0.717) is 5.82 Å². The number of aromatic amines is 1. The Morgan fingerprint density at radius 2 is 2.31 bits per heavy atom. The molecule has 0 bridgehead atoms. The molecule has 0 saturated carbocycles. The molecule has 0 fully saturated rings. The highest BCUT2D eigenvalue weighted by Gasteiger charge is 2.10. The summed E-state index contributed by atoms with van der Waals surface area (Å²) in [5.41, 5.74) is 1.23. The van der Waals surface area contributed by atoms with Crippen molar-refractivity contribution >= 4 is 11.7 Å². The molecule has 0 aromatic carbocycles. The van der Waals surface area contributed by atoms with Crippen molar-refractivity contribution in [1.29, 1.82) is 0 Å². The van der Waals surface area contributed by atoms with Crippen LogP contribution in [-0.2, 0) is 6.42 Å². The fraction of sp³-hybridized carbons (Fsp3) is 0.200. The van der Waals surface area contributed by atoms with E-state index in [-0.39, 0.29) is 11.6 Å². The number of hydrogen-bond donors (Lipinski definition) is 2. The Balaban J connectivity index is 2.14. The zero-order valence-electron chi connectivity index (χ0n) is 8.77. The lowest BCUT2D eigenvalue weighted by Gasteiger charge is -2.03. The normalized spacial score (nSPS) is 10.1. The third-order valence-corrected chi connectivity index (χ3v) is 2.13. The highest BCUT2D eigenvalue weighted by atomic mass is 16.2. The Kier molecular flexibility index (Phi) is 2.90. The van der Waals surface area contributed by atoms with Crippen molar-refractivity contribution in [1.82, 2.24) is 20.2 Å². The number of aromatic nitrogens is 4. The number of nitrogens with zero attached hydrogens (tertiary/aromatic N) is 3. The predicted octanol–water partition coefficient (Wildman–Crippen LogP) is 1.01. The van der Waals surface area contributed by atoms with Crippen LogP contribution in [0.2, 0.25) is 0 Å². The van der Waals surface area contributed by atoms with Crippen LogP contribution < -0.4 is 5.32 Å². The van der Waals surface area contributed by atoms with Gasteiger partial charge in [-0.1, -0.05) is 6.92 Å². The summed E-state index contributed by atoms with van der Waals surface area (Å²) in [7, 11) is 0. The van der Waals surface area contributed by atoms with Crippen molar-refractivity contribution in [2.45, 2.75) is 13.3 Å².